The topological polar surface area (TPSA) is 72.3 Å². The second kappa shape index (κ2) is 4.84. The van der Waals surface area contributed by atoms with Crippen molar-refractivity contribution in [2.24, 2.45) is 0 Å². The Morgan fingerprint density at radius 1 is 1.36 bits per heavy atom. The SMILES string of the molecule is COc1ccccc1/C=c1\c(=O)[nH]c2nc3c(nn12)CCC=3. The van der Waals surface area contributed by atoms with Gasteiger partial charge in [-0.3, -0.25) is 9.78 Å². The van der Waals surface area contributed by atoms with Crippen LogP contribution in [0.1, 0.15) is 17.7 Å². The van der Waals surface area contributed by atoms with Gasteiger partial charge in [0.25, 0.3) is 5.56 Å². The summed E-state index contributed by atoms with van der Waals surface area (Å²) in [5.74, 6) is 1.17. The highest BCUT2D eigenvalue weighted by Crippen LogP contribution is 2.17. The van der Waals surface area contributed by atoms with Gasteiger partial charge in [-0.25, -0.2) is 4.98 Å². The lowest BCUT2D eigenvalue weighted by Crippen LogP contribution is -2.28. The van der Waals surface area contributed by atoms with E-state index in [1.165, 1.54) is 0 Å². The van der Waals surface area contributed by atoms with Crippen molar-refractivity contribution in [3.05, 3.63) is 56.6 Å². The van der Waals surface area contributed by atoms with Gasteiger partial charge >= 0.3 is 0 Å². The third-order valence-corrected chi connectivity index (χ3v) is 3.78. The number of hydrogen-bond donors (Lipinski definition) is 1. The van der Waals surface area contributed by atoms with E-state index < -0.39 is 0 Å². The number of H-pyrrole nitrogens is 1. The number of ether oxygens (including phenoxy) is 1. The van der Waals surface area contributed by atoms with E-state index in [4.69, 9.17) is 4.74 Å². The molecule has 4 rings (SSSR count). The van der Waals surface area contributed by atoms with E-state index in [0.29, 0.717) is 16.9 Å². The first kappa shape index (κ1) is 12.8. The third-order valence-electron chi connectivity index (χ3n) is 3.78. The smallest absolute Gasteiger partial charge is 0.276 e. The van der Waals surface area contributed by atoms with E-state index in [1.54, 1.807) is 17.7 Å². The van der Waals surface area contributed by atoms with Crippen molar-refractivity contribution in [3.63, 3.8) is 0 Å². The summed E-state index contributed by atoms with van der Waals surface area (Å²) in [6.45, 7) is 0. The average Bonchev–Trinajstić information content (AvgIpc) is 3.10. The summed E-state index contributed by atoms with van der Waals surface area (Å²) in [6.07, 6.45) is 5.61. The number of methoxy groups -OCH3 is 1. The maximum absolute atomic E-state index is 12.2. The van der Waals surface area contributed by atoms with Crippen LogP contribution >= 0.6 is 0 Å². The number of nitrogens with zero attached hydrogens (tertiary/aromatic N) is 3. The maximum Gasteiger partial charge on any atom is 0.276 e. The number of aromatic nitrogens is 4. The molecule has 0 amide bonds. The largest absolute Gasteiger partial charge is 0.496 e. The van der Waals surface area contributed by atoms with E-state index >= 15 is 0 Å². The number of hydrogen-bond acceptors (Lipinski definition) is 4. The first-order valence-electron chi connectivity index (χ1n) is 7.09. The third kappa shape index (κ3) is 1.92. The first-order valence-corrected chi connectivity index (χ1v) is 7.09. The minimum atomic E-state index is -0.213. The summed E-state index contributed by atoms with van der Waals surface area (Å²) in [4.78, 5) is 19.4. The monoisotopic (exact) mass is 294 g/mol. The number of rotatable bonds is 2. The Morgan fingerprint density at radius 2 is 2.23 bits per heavy atom. The fraction of sp³-hybridized carbons (Fsp3) is 0.188. The molecule has 2 aromatic heterocycles. The Labute approximate surface area is 125 Å². The highest BCUT2D eigenvalue weighted by atomic mass is 16.5. The van der Waals surface area contributed by atoms with Crippen molar-refractivity contribution in [3.8, 4) is 5.75 Å². The molecule has 2 heterocycles. The van der Waals surface area contributed by atoms with Crippen molar-refractivity contribution in [2.45, 2.75) is 12.8 Å². The lowest BCUT2D eigenvalue weighted by Gasteiger charge is -2.02. The van der Waals surface area contributed by atoms with Gasteiger partial charge in [0.05, 0.1) is 18.2 Å². The normalized spacial score (nSPS) is 14.1. The molecule has 1 aliphatic carbocycles. The standard InChI is InChI=1S/C16H14N4O2/c1-22-14-8-3-2-5-10(14)9-13-15(21)18-16-17-11-6-4-7-12(11)19-20(13)16/h2-3,5-6,8-9H,4,7H2,1H3,(H,17,18,21)/b13-9+. The molecule has 0 radical (unpaired) electrons. The van der Waals surface area contributed by atoms with Crippen molar-refractivity contribution in [1.82, 2.24) is 19.6 Å². The van der Waals surface area contributed by atoms with E-state index in [0.717, 1.165) is 29.4 Å². The van der Waals surface area contributed by atoms with E-state index in [1.807, 2.05) is 30.3 Å². The molecule has 0 atom stereocenters. The van der Waals surface area contributed by atoms with Gasteiger partial charge in [-0.1, -0.05) is 24.3 Å². The molecular formula is C16H14N4O2. The number of nitrogens with one attached hydrogen (secondary N) is 1. The van der Waals surface area contributed by atoms with Gasteiger partial charge in [-0.2, -0.15) is 9.61 Å². The molecule has 3 aromatic rings. The van der Waals surface area contributed by atoms with E-state index in [-0.39, 0.29) is 5.56 Å². The van der Waals surface area contributed by atoms with E-state index in [9.17, 15) is 4.79 Å². The minimum Gasteiger partial charge on any atom is -0.496 e. The Bertz CT molecular complexity index is 1050. The van der Waals surface area contributed by atoms with Gasteiger partial charge in [-0.15, -0.1) is 0 Å². The predicted octanol–water partition coefficient (Wildman–Crippen LogP) is -0.0183. The molecule has 0 bridgehead atoms. The van der Waals surface area contributed by atoms with Crippen LogP contribution in [0.2, 0.25) is 0 Å². The fourth-order valence-electron chi connectivity index (χ4n) is 2.70. The number of imidazole rings is 1. The van der Waals surface area contributed by atoms with Crippen LogP contribution in [-0.4, -0.2) is 26.7 Å². The van der Waals surface area contributed by atoms with Gasteiger partial charge in [0.1, 0.15) is 11.1 Å². The Hall–Kier alpha value is -2.89. The van der Waals surface area contributed by atoms with Crippen molar-refractivity contribution < 1.29 is 4.74 Å². The molecule has 22 heavy (non-hydrogen) atoms. The van der Waals surface area contributed by atoms with Crippen LogP contribution in [0.3, 0.4) is 0 Å². The van der Waals surface area contributed by atoms with Gasteiger partial charge in [0, 0.05) is 5.56 Å². The van der Waals surface area contributed by atoms with Crippen LogP contribution < -0.4 is 21.0 Å². The molecule has 0 unspecified atom stereocenters. The molecule has 1 aliphatic rings. The number of para-hydroxylation sites is 1. The zero-order valence-electron chi connectivity index (χ0n) is 12.0. The molecular weight excluding hydrogens is 280 g/mol. The number of fused-ring (bicyclic) bond motifs is 2. The lowest BCUT2D eigenvalue weighted by atomic mass is 10.2. The van der Waals surface area contributed by atoms with E-state index in [2.05, 4.69) is 15.1 Å². The molecule has 0 saturated heterocycles. The Morgan fingerprint density at radius 3 is 3.09 bits per heavy atom. The van der Waals surface area contributed by atoms with Crippen molar-refractivity contribution in [1.29, 1.82) is 0 Å². The molecule has 1 aromatic carbocycles. The summed E-state index contributed by atoms with van der Waals surface area (Å²) < 4.78 is 6.90. The molecule has 1 N–H and O–H groups in total. The second-order valence-corrected chi connectivity index (χ2v) is 5.15. The van der Waals surface area contributed by atoms with Gasteiger partial charge < -0.3 is 4.74 Å². The van der Waals surface area contributed by atoms with Crippen molar-refractivity contribution >= 4 is 17.9 Å². The minimum absolute atomic E-state index is 0.213. The number of aromatic amines is 1. The summed E-state index contributed by atoms with van der Waals surface area (Å²) in [7, 11) is 1.61. The molecule has 0 spiro atoms. The second-order valence-electron chi connectivity index (χ2n) is 5.15. The quantitative estimate of drug-likeness (QED) is 0.721. The van der Waals surface area contributed by atoms with Crippen LogP contribution in [0.25, 0.3) is 17.9 Å². The Kier molecular flexibility index (Phi) is 2.82. The molecule has 0 fully saturated rings. The molecule has 6 nitrogen and oxygen atoms in total. The summed E-state index contributed by atoms with van der Waals surface area (Å²) in [5, 5.41) is 5.86. The zero-order chi connectivity index (χ0) is 15.1. The van der Waals surface area contributed by atoms with Gasteiger partial charge in [-0.05, 0) is 25.0 Å². The highest BCUT2D eigenvalue weighted by molar-refractivity contribution is 5.57. The van der Waals surface area contributed by atoms with Gasteiger partial charge in [0.2, 0.25) is 5.78 Å². The maximum atomic E-state index is 12.2. The highest BCUT2D eigenvalue weighted by Gasteiger charge is 2.11. The van der Waals surface area contributed by atoms with Crippen LogP contribution in [0.15, 0.2) is 29.1 Å². The molecule has 110 valence electrons. The summed E-state index contributed by atoms with van der Waals surface area (Å²) in [6, 6.07) is 7.54. The summed E-state index contributed by atoms with van der Waals surface area (Å²) in [5.41, 5.74) is 1.53. The van der Waals surface area contributed by atoms with Crippen LogP contribution in [0.5, 0.6) is 5.75 Å². The molecule has 0 saturated carbocycles. The zero-order valence-corrected chi connectivity index (χ0v) is 12.0. The number of aryl methyl sites for hydroxylation is 1. The number of benzene rings is 1. The molecule has 6 heteroatoms. The lowest BCUT2D eigenvalue weighted by molar-refractivity contribution is 0.414. The fourth-order valence-corrected chi connectivity index (χ4v) is 2.70. The first-order chi connectivity index (χ1) is 10.8. The van der Waals surface area contributed by atoms with Crippen LogP contribution in [0, 0.1) is 0 Å². The Balaban J connectivity index is 2.03. The van der Waals surface area contributed by atoms with Gasteiger partial charge in [0.15, 0.2) is 0 Å². The predicted molar refractivity (Wildman–Crippen MR) is 82.2 cm³/mol. The summed E-state index contributed by atoms with van der Waals surface area (Å²) >= 11 is 0. The van der Waals surface area contributed by atoms with Crippen LogP contribution in [-0.2, 0) is 6.42 Å². The van der Waals surface area contributed by atoms with Crippen molar-refractivity contribution in [2.75, 3.05) is 7.11 Å². The molecule has 0 aliphatic heterocycles. The van der Waals surface area contributed by atoms with Crippen LogP contribution in [0.4, 0.5) is 0 Å². The average molecular weight is 294 g/mol.